The highest BCUT2D eigenvalue weighted by molar-refractivity contribution is 5.39. The van der Waals surface area contributed by atoms with Gasteiger partial charge >= 0.3 is 0 Å². The fraction of sp³-hybridized carbons (Fsp3) is 0.333. The lowest BCUT2D eigenvalue weighted by atomic mass is 9.75. The van der Waals surface area contributed by atoms with Crippen molar-refractivity contribution in [3.8, 4) is 5.75 Å². The van der Waals surface area contributed by atoms with Gasteiger partial charge in [-0.25, -0.2) is 0 Å². The van der Waals surface area contributed by atoms with E-state index in [2.05, 4.69) is 44.2 Å². The maximum absolute atomic E-state index is 6.11. The van der Waals surface area contributed by atoms with Gasteiger partial charge in [0.1, 0.15) is 5.75 Å². The molecule has 1 atom stereocenters. The molecule has 2 rings (SSSR count). The van der Waals surface area contributed by atoms with Crippen molar-refractivity contribution in [2.75, 3.05) is 13.7 Å². The highest BCUT2D eigenvalue weighted by Gasteiger charge is 2.27. The zero-order valence-electron chi connectivity index (χ0n) is 12.5. The van der Waals surface area contributed by atoms with E-state index in [-0.39, 0.29) is 5.41 Å². The quantitative estimate of drug-likeness (QED) is 0.902. The van der Waals surface area contributed by atoms with Gasteiger partial charge < -0.3 is 10.5 Å². The average Bonchev–Trinajstić information content (AvgIpc) is 2.48. The van der Waals surface area contributed by atoms with Gasteiger partial charge in [0.2, 0.25) is 0 Å². The van der Waals surface area contributed by atoms with E-state index in [4.69, 9.17) is 10.5 Å². The number of hydrogen-bond donors (Lipinski definition) is 1. The molecule has 0 fully saturated rings. The van der Waals surface area contributed by atoms with E-state index in [9.17, 15) is 0 Å². The highest BCUT2D eigenvalue weighted by Crippen LogP contribution is 2.32. The average molecular weight is 269 g/mol. The third-order valence-corrected chi connectivity index (χ3v) is 4.02. The number of benzene rings is 2. The topological polar surface area (TPSA) is 35.2 Å². The Morgan fingerprint density at radius 3 is 2.35 bits per heavy atom. The van der Waals surface area contributed by atoms with Crippen molar-refractivity contribution >= 4 is 0 Å². The molecule has 1 unspecified atom stereocenters. The molecule has 0 aliphatic carbocycles. The number of para-hydroxylation sites is 1. The normalized spacial score (nSPS) is 13.8. The second kappa shape index (κ2) is 6.10. The first-order valence-corrected chi connectivity index (χ1v) is 6.99. The van der Waals surface area contributed by atoms with Crippen molar-refractivity contribution in [2.45, 2.75) is 25.7 Å². The third-order valence-electron chi connectivity index (χ3n) is 4.02. The van der Waals surface area contributed by atoms with Gasteiger partial charge in [0.25, 0.3) is 0 Å². The van der Waals surface area contributed by atoms with Crippen LogP contribution in [0.2, 0.25) is 0 Å². The molecular weight excluding hydrogens is 246 g/mol. The van der Waals surface area contributed by atoms with Crippen LogP contribution in [0.5, 0.6) is 5.75 Å². The summed E-state index contributed by atoms with van der Waals surface area (Å²) in [6, 6.07) is 16.6. The monoisotopic (exact) mass is 269 g/mol. The van der Waals surface area contributed by atoms with E-state index in [0.29, 0.717) is 6.54 Å². The Labute approximate surface area is 121 Å². The van der Waals surface area contributed by atoms with Crippen LogP contribution in [-0.2, 0) is 11.8 Å². The van der Waals surface area contributed by atoms with Crippen LogP contribution < -0.4 is 10.5 Å². The number of rotatable bonds is 5. The lowest BCUT2D eigenvalue weighted by Crippen LogP contribution is -2.35. The zero-order chi connectivity index (χ0) is 14.6. The number of methoxy groups -OCH3 is 1. The van der Waals surface area contributed by atoms with Gasteiger partial charge in [-0.15, -0.1) is 0 Å². The summed E-state index contributed by atoms with van der Waals surface area (Å²) >= 11 is 0. The Morgan fingerprint density at radius 1 is 1.05 bits per heavy atom. The van der Waals surface area contributed by atoms with Gasteiger partial charge in [-0.3, -0.25) is 0 Å². The Morgan fingerprint density at radius 2 is 1.70 bits per heavy atom. The second-order valence-electron chi connectivity index (χ2n) is 5.57. The molecule has 20 heavy (non-hydrogen) atoms. The molecule has 0 heterocycles. The molecule has 0 aromatic heterocycles. The van der Waals surface area contributed by atoms with Crippen LogP contribution in [0.3, 0.4) is 0 Å². The SMILES string of the molecule is COc1ccccc1CC(C)(CN)c1ccccc1C. The maximum atomic E-state index is 6.11. The molecule has 0 bridgehead atoms. The smallest absolute Gasteiger partial charge is 0.122 e. The van der Waals surface area contributed by atoms with Crippen molar-refractivity contribution in [1.82, 2.24) is 0 Å². The summed E-state index contributed by atoms with van der Waals surface area (Å²) < 4.78 is 5.46. The van der Waals surface area contributed by atoms with Gasteiger partial charge in [-0.05, 0) is 36.1 Å². The van der Waals surface area contributed by atoms with E-state index < -0.39 is 0 Å². The summed E-state index contributed by atoms with van der Waals surface area (Å²) in [5.74, 6) is 0.931. The van der Waals surface area contributed by atoms with Crippen LogP contribution in [0.1, 0.15) is 23.6 Å². The van der Waals surface area contributed by atoms with Gasteiger partial charge in [-0.2, -0.15) is 0 Å². The number of hydrogen-bond acceptors (Lipinski definition) is 2. The van der Waals surface area contributed by atoms with Crippen LogP contribution in [-0.4, -0.2) is 13.7 Å². The van der Waals surface area contributed by atoms with Crippen molar-refractivity contribution in [1.29, 1.82) is 0 Å². The summed E-state index contributed by atoms with van der Waals surface area (Å²) in [7, 11) is 1.71. The van der Waals surface area contributed by atoms with Gasteiger partial charge in [-0.1, -0.05) is 49.4 Å². The molecule has 0 saturated carbocycles. The first-order valence-electron chi connectivity index (χ1n) is 6.99. The van der Waals surface area contributed by atoms with Gasteiger partial charge in [0.05, 0.1) is 7.11 Å². The largest absolute Gasteiger partial charge is 0.496 e. The van der Waals surface area contributed by atoms with E-state index >= 15 is 0 Å². The molecule has 2 nitrogen and oxygen atoms in total. The number of aryl methyl sites for hydroxylation is 1. The molecule has 0 amide bonds. The summed E-state index contributed by atoms with van der Waals surface area (Å²) in [6.45, 7) is 4.98. The molecule has 2 aromatic rings. The first kappa shape index (κ1) is 14.6. The molecule has 2 heteroatoms. The minimum atomic E-state index is -0.0834. The van der Waals surface area contributed by atoms with E-state index in [1.807, 2.05) is 18.2 Å². The van der Waals surface area contributed by atoms with E-state index in [1.54, 1.807) is 7.11 Å². The molecule has 0 radical (unpaired) electrons. The van der Waals surface area contributed by atoms with Gasteiger partial charge in [0.15, 0.2) is 0 Å². The van der Waals surface area contributed by atoms with Crippen molar-refractivity contribution < 1.29 is 4.74 Å². The Bertz CT molecular complexity index is 579. The lowest BCUT2D eigenvalue weighted by molar-refractivity contribution is 0.399. The fourth-order valence-electron chi connectivity index (χ4n) is 2.80. The Hall–Kier alpha value is -1.80. The van der Waals surface area contributed by atoms with Gasteiger partial charge in [0, 0.05) is 12.0 Å². The molecule has 0 saturated heterocycles. The third kappa shape index (κ3) is 2.86. The molecule has 0 aliphatic heterocycles. The summed E-state index contributed by atoms with van der Waals surface area (Å²) in [5.41, 5.74) is 9.82. The van der Waals surface area contributed by atoms with Crippen LogP contribution in [0.25, 0.3) is 0 Å². The predicted molar refractivity (Wildman–Crippen MR) is 84.3 cm³/mol. The molecule has 2 aromatic carbocycles. The lowest BCUT2D eigenvalue weighted by Gasteiger charge is -2.31. The Kier molecular flexibility index (Phi) is 4.46. The molecule has 106 valence electrons. The minimum absolute atomic E-state index is 0.0834. The first-order chi connectivity index (χ1) is 9.60. The minimum Gasteiger partial charge on any atom is -0.496 e. The van der Waals surface area contributed by atoms with Crippen LogP contribution in [0, 0.1) is 6.92 Å². The highest BCUT2D eigenvalue weighted by atomic mass is 16.5. The summed E-state index contributed by atoms with van der Waals surface area (Å²) in [5, 5.41) is 0. The number of ether oxygens (including phenoxy) is 1. The van der Waals surface area contributed by atoms with Crippen molar-refractivity contribution in [2.24, 2.45) is 5.73 Å². The predicted octanol–water partition coefficient (Wildman–Crippen LogP) is 3.46. The van der Waals surface area contributed by atoms with E-state index in [0.717, 1.165) is 12.2 Å². The number of nitrogens with two attached hydrogens (primary N) is 1. The van der Waals surface area contributed by atoms with Crippen molar-refractivity contribution in [3.05, 3.63) is 65.2 Å². The molecule has 2 N–H and O–H groups in total. The van der Waals surface area contributed by atoms with Crippen LogP contribution in [0.4, 0.5) is 0 Å². The summed E-state index contributed by atoms with van der Waals surface area (Å²) in [6.07, 6.45) is 0.873. The summed E-state index contributed by atoms with van der Waals surface area (Å²) in [4.78, 5) is 0. The zero-order valence-corrected chi connectivity index (χ0v) is 12.5. The van der Waals surface area contributed by atoms with E-state index in [1.165, 1.54) is 16.7 Å². The van der Waals surface area contributed by atoms with Crippen LogP contribution >= 0.6 is 0 Å². The molecular formula is C18H23NO. The maximum Gasteiger partial charge on any atom is 0.122 e. The fourth-order valence-corrected chi connectivity index (χ4v) is 2.80. The van der Waals surface area contributed by atoms with Crippen LogP contribution in [0.15, 0.2) is 48.5 Å². The van der Waals surface area contributed by atoms with Crippen molar-refractivity contribution in [3.63, 3.8) is 0 Å². The standard InChI is InChI=1S/C18H23NO/c1-14-8-4-6-10-16(14)18(2,13-19)12-15-9-5-7-11-17(15)20-3/h4-11H,12-13,19H2,1-3H3. The Balaban J connectivity index is 2.40. The molecule has 0 spiro atoms. The molecule has 0 aliphatic rings. The second-order valence-corrected chi connectivity index (χ2v) is 5.57.